The highest BCUT2D eigenvalue weighted by Crippen LogP contribution is 2.39. The molecule has 248 valence electrons. The number of halogens is 2. The molecule has 2 amide bonds. The van der Waals surface area contributed by atoms with Crippen LogP contribution in [0.4, 0.5) is 0 Å². The van der Waals surface area contributed by atoms with E-state index < -0.39 is 6.29 Å². The monoisotopic (exact) mass is 678 g/mol. The van der Waals surface area contributed by atoms with Gasteiger partial charge < -0.3 is 29.8 Å². The molecule has 47 heavy (non-hydrogen) atoms. The van der Waals surface area contributed by atoms with Crippen LogP contribution in [0.2, 0.25) is 10.3 Å². The van der Waals surface area contributed by atoms with Crippen LogP contribution in [0.1, 0.15) is 73.7 Å². The molecule has 1 aliphatic rings. The Balaban J connectivity index is 1.22. The number of hydrogen-bond acceptors (Lipinski definition) is 6. The van der Waals surface area contributed by atoms with Crippen molar-refractivity contribution in [2.24, 2.45) is 0 Å². The van der Waals surface area contributed by atoms with Crippen LogP contribution in [0, 0.1) is 0 Å². The predicted octanol–water partition coefficient (Wildman–Crippen LogP) is 6.91. The zero-order chi connectivity index (χ0) is 33.2. The van der Waals surface area contributed by atoms with Crippen molar-refractivity contribution in [2.45, 2.75) is 77.2 Å². The first kappa shape index (κ1) is 34.6. The van der Waals surface area contributed by atoms with Crippen molar-refractivity contribution >= 4 is 35.0 Å². The van der Waals surface area contributed by atoms with Gasteiger partial charge in [-0.3, -0.25) is 9.59 Å². The van der Waals surface area contributed by atoms with Gasteiger partial charge >= 0.3 is 0 Å². The summed E-state index contributed by atoms with van der Waals surface area (Å²) in [5.41, 5.74) is 5.80. The number of aliphatic hydroxyl groups is 1. The number of unbranched alkanes of at least 4 members (excludes halogenated alkanes) is 2. The largest absolute Gasteiger partial charge is 0.392 e. The Bertz CT molecular complexity index is 1630. The molecule has 0 aliphatic carbocycles. The number of imidazole rings is 1. The Morgan fingerprint density at radius 2 is 1.68 bits per heavy atom. The molecule has 0 unspecified atom stereocenters. The van der Waals surface area contributed by atoms with Gasteiger partial charge in [-0.2, -0.15) is 0 Å². The van der Waals surface area contributed by atoms with Gasteiger partial charge in [-0.1, -0.05) is 96.4 Å². The third-order valence-corrected chi connectivity index (χ3v) is 8.91. The average Bonchev–Trinajstić information content (AvgIpc) is 3.41. The standard InChI is InChI=1S/C36H40Cl2N4O5/c1-24(44)39-17-4-2-3-8-33(45)40-20-26-6-5-7-30(18-26)27-13-15-29(16-14-27)36-46-31(21-42-23-41-34(37)35(42)38)19-32(47-36)28-11-9-25(22-43)10-12-28/h5-7,9-16,18,23,31-32,36,43H,2-4,8,17,19-22H2,1H3,(H,39,44)(H,40,45)/t31-,32+,36+/m1/s1. The van der Waals surface area contributed by atoms with Gasteiger partial charge in [-0.15, -0.1) is 0 Å². The fraction of sp³-hybridized carbons (Fsp3) is 0.361. The van der Waals surface area contributed by atoms with E-state index in [1.165, 1.54) is 6.92 Å². The Labute approximate surface area is 285 Å². The molecule has 9 nitrogen and oxygen atoms in total. The second kappa shape index (κ2) is 16.9. The highest BCUT2D eigenvalue weighted by molar-refractivity contribution is 6.40. The Kier molecular flexibility index (Phi) is 12.4. The van der Waals surface area contributed by atoms with Crippen molar-refractivity contribution in [2.75, 3.05) is 6.54 Å². The number of hydrogen-bond donors (Lipinski definition) is 3. The SMILES string of the molecule is CC(=O)NCCCCCC(=O)NCc1cccc(-c2ccc([C@H]3O[C@@H](Cn4cnc(Cl)c4Cl)C[C@@H](c4ccc(CO)cc4)O3)cc2)c1. The molecule has 0 saturated carbocycles. The molecular formula is C36H40Cl2N4O5. The van der Waals surface area contributed by atoms with Gasteiger partial charge in [0.05, 0.1) is 31.7 Å². The quantitative estimate of drug-likeness (QED) is 0.125. The molecule has 1 aromatic heterocycles. The minimum Gasteiger partial charge on any atom is -0.392 e. The minimum atomic E-state index is -0.616. The second-order valence-electron chi connectivity index (χ2n) is 11.7. The van der Waals surface area contributed by atoms with Crippen LogP contribution in [0.25, 0.3) is 11.1 Å². The zero-order valence-electron chi connectivity index (χ0n) is 26.3. The van der Waals surface area contributed by atoms with Gasteiger partial charge in [0, 0.05) is 38.4 Å². The number of aromatic nitrogens is 2. The smallest absolute Gasteiger partial charge is 0.220 e. The summed E-state index contributed by atoms with van der Waals surface area (Å²) in [4.78, 5) is 27.4. The lowest BCUT2D eigenvalue weighted by atomic mass is 9.99. The maximum atomic E-state index is 12.4. The average molecular weight is 680 g/mol. The molecule has 11 heteroatoms. The third-order valence-electron chi connectivity index (χ3n) is 8.14. The van der Waals surface area contributed by atoms with Crippen LogP contribution in [0.3, 0.4) is 0 Å². The second-order valence-corrected chi connectivity index (χ2v) is 12.4. The van der Waals surface area contributed by atoms with Crippen LogP contribution in [-0.2, 0) is 38.8 Å². The molecule has 3 atom stereocenters. The number of nitrogens with zero attached hydrogens (tertiary/aromatic N) is 2. The normalized spacial score (nSPS) is 17.7. The van der Waals surface area contributed by atoms with Gasteiger partial charge in [-0.25, -0.2) is 4.98 Å². The molecule has 0 radical (unpaired) electrons. The summed E-state index contributed by atoms with van der Waals surface area (Å²) in [6.07, 6.45) is 4.13. The molecule has 0 spiro atoms. The number of carbonyl (C=O) groups excluding carboxylic acids is 2. The molecule has 3 aromatic carbocycles. The molecule has 1 aliphatic heterocycles. The van der Waals surface area contributed by atoms with Crippen molar-refractivity contribution in [3.05, 3.63) is 112 Å². The maximum Gasteiger partial charge on any atom is 0.220 e. The number of amides is 2. The fourth-order valence-electron chi connectivity index (χ4n) is 5.56. The van der Waals surface area contributed by atoms with Crippen molar-refractivity contribution in [1.82, 2.24) is 20.2 Å². The van der Waals surface area contributed by atoms with Crippen LogP contribution in [0.5, 0.6) is 0 Å². The maximum absolute atomic E-state index is 12.4. The van der Waals surface area contributed by atoms with E-state index in [1.54, 1.807) is 10.9 Å². The first-order chi connectivity index (χ1) is 22.8. The molecule has 4 aromatic rings. The first-order valence-corrected chi connectivity index (χ1v) is 16.6. The number of benzene rings is 3. The molecule has 3 N–H and O–H groups in total. The highest BCUT2D eigenvalue weighted by Gasteiger charge is 2.33. The van der Waals surface area contributed by atoms with Crippen molar-refractivity contribution in [1.29, 1.82) is 0 Å². The van der Waals surface area contributed by atoms with Crippen LogP contribution >= 0.6 is 23.2 Å². The molecule has 2 heterocycles. The lowest BCUT2D eigenvalue weighted by molar-refractivity contribution is -0.252. The summed E-state index contributed by atoms with van der Waals surface area (Å²) in [7, 11) is 0. The molecule has 0 bridgehead atoms. The van der Waals surface area contributed by atoms with Gasteiger partial charge in [0.1, 0.15) is 5.15 Å². The summed E-state index contributed by atoms with van der Waals surface area (Å²) in [5, 5.41) is 15.9. The topological polar surface area (TPSA) is 115 Å². The van der Waals surface area contributed by atoms with E-state index in [0.29, 0.717) is 37.6 Å². The molecular weight excluding hydrogens is 639 g/mol. The molecule has 5 rings (SSSR count). The number of ether oxygens (including phenoxy) is 2. The summed E-state index contributed by atoms with van der Waals surface area (Å²) in [5.74, 6) is -0.0108. The van der Waals surface area contributed by atoms with E-state index in [1.807, 2.05) is 66.7 Å². The highest BCUT2D eigenvalue weighted by atomic mass is 35.5. The predicted molar refractivity (Wildman–Crippen MR) is 182 cm³/mol. The van der Waals surface area contributed by atoms with Gasteiger partial charge in [0.25, 0.3) is 0 Å². The van der Waals surface area contributed by atoms with Crippen LogP contribution in [0.15, 0.2) is 79.1 Å². The van der Waals surface area contributed by atoms with Crippen molar-refractivity contribution in [3.8, 4) is 11.1 Å². The lowest BCUT2D eigenvalue weighted by Crippen LogP contribution is -2.32. The van der Waals surface area contributed by atoms with E-state index in [0.717, 1.165) is 52.6 Å². The van der Waals surface area contributed by atoms with E-state index >= 15 is 0 Å². The number of rotatable bonds is 14. The summed E-state index contributed by atoms with van der Waals surface area (Å²) >= 11 is 12.5. The third kappa shape index (κ3) is 9.89. The van der Waals surface area contributed by atoms with Crippen LogP contribution in [-0.4, -0.2) is 39.1 Å². The van der Waals surface area contributed by atoms with E-state index in [-0.39, 0.29) is 35.8 Å². The Hall–Kier alpha value is -3.73. The first-order valence-electron chi connectivity index (χ1n) is 15.9. The Morgan fingerprint density at radius 1 is 0.915 bits per heavy atom. The molecule has 1 saturated heterocycles. The van der Waals surface area contributed by atoms with Gasteiger partial charge in [0.2, 0.25) is 11.8 Å². The van der Waals surface area contributed by atoms with E-state index in [2.05, 4.69) is 21.7 Å². The molecule has 1 fully saturated rings. The van der Waals surface area contributed by atoms with E-state index in [9.17, 15) is 14.7 Å². The number of aliphatic hydroxyl groups excluding tert-OH is 1. The lowest BCUT2D eigenvalue weighted by Gasteiger charge is -2.36. The summed E-state index contributed by atoms with van der Waals surface area (Å²) in [6.45, 7) is 3.04. The van der Waals surface area contributed by atoms with Crippen molar-refractivity contribution in [3.63, 3.8) is 0 Å². The van der Waals surface area contributed by atoms with Gasteiger partial charge in [-0.05, 0) is 46.7 Å². The summed E-state index contributed by atoms with van der Waals surface area (Å²) < 4.78 is 14.7. The van der Waals surface area contributed by atoms with E-state index in [4.69, 9.17) is 32.7 Å². The minimum absolute atomic E-state index is 0.0196. The summed E-state index contributed by atoms with van der Waals surface area (Å²) in [6, 6.07) is 24.0. The van der Waals surface area contributed by atoms with Crippen molar-refractivity contribution < 1.29 is 24.2 Å². The Morgan fingerprint density at radius 3 is 2.38 bits per heavy atom. The number of carbonyl (C=O) groups is 2. The van der Waals surface area contributed by atoms with Gasteiger partial charge in [0.15, 0.2) is 11.4 Å². The van der Waals surface area contributed by atoms with Crippen LogP contribution < -0.4 is 10.6 Å². The zero-order valence-corrected chi connectivity index (χ0v) is 27.8. The fourth-order valence-corrected chi connectivity index (χ4v) is 5.87. The number of nitrogens with one attached hydrogen (secondary N) is 2.